The number of rotatable bonds is 6. The molecule has 0 heterocycles. The van der Waals surface area contributed by atoms with Crippen molar-refractivity contribution in [1.82, 2.24) is 0 Å². The van der Waals surface area contributed by atoms with Crippen LogP contribution >= 0.6 is 0 Å². The molecule has 19 heavy (non-hydrogen) atoms. The fraction of sp³-hybridized carbons (Fsp3) is 0.625. The fourth-order valence-corrected chi connectivity index (χ4v) is 2.81. The summed E-state index contributed by atoms with van der Waals surface area (Å²) in [6.45, 7) is 2.90. The summed E-state index contributed by atoms with van der Waals surface area (Å²) in [6.07, 6.45) is 4.89. The molecule has 1 aromatic carbocycles. The zero-order chi connectivity index (χ0) is 13.5. The van der Waals surface area contributed by atoms with Crippen LogP contribution in [0.3, 0.4) is 0 Å². The normalized spacial score (nSPS) is 21.8. The van der Waals surface area contributed by atoms with Gasteiger partial charge in [0.2, 0.25) is 0 Å². The summed E-state index contributed by atoms with van der Waals surface area (Å²) in [5.41, 5.74) is 7.54. The molecule has 2 fully saturated rings. The first-order valence-electron chi connectivity index (χ1n) is 7.23. The quantitative estimate of drug-likeness (QED) is 0.856. The molecule has 3 heteroatoms. The van der Waals surface area contributed by atoms with Gasteiger partial charge in [-0.1, -0.05) is 12.1 Å². The van der Waals surface area contributed by atoms with Crippen LogP contribution in [0.2, 0.25) is 0 Å². The number of ether oxygens (including phenoxy) is 2. The molecular weight excluding hydrogens is 238 g/mol. The highest BCUT2D eigenvalue weighted by Gasteiger charge is 2.49. The van der Waals surface area contributed by atoms with Gasteiger partial charge in [0.05, 0.1) is 13.7 Å². The molecule has 1 aromatic rings. The maximum Gasteiger partial charge on any atom is 0.164 e. The molecule has 0 amide bonds. The second-order valence-corrected chi connectivity index (χ2v) is 6.04. The maximum atomic E-state index is 6.20. The number of hydrogen-bond donors (Lipinski definition) is 1. The molecule has 2 saturated carbocycles. The Morgan fingerprint density at radius 3 is 2.63 bits per heavy atom. The van der Waals surface area contributed by atoms with Crippen LogP contribution in [0.15, 0.2) is 18.2 Å². The van der Waals surface area contributed by atoms with E-state index in [0.29, 0.717) is 0 Å². The minimum Gasteiger partial charge on any atom is -0.493 e. The maximum absolute atomic E-state index is 6.20. The Bertz CT molecular complexity index is 462. The standard InChI is InChI=1S/C16H23NO2/c1-11(17)16(8-9-16)13-4-3-5-14(18-2)15(13)19-10-12-6-7-12/h3-5,11-12H,6-10,17H2,1-2H3. The Labute approximate surface area is 115 Å². The van der Waals surface area contributed by atoms with Gasteiger partial charge in [-0.15, -0.1) is 0 Å². The molecule has 104 valence electrons. The van der Waals surface area contributed by atoms with Gasteiger partial charge in [0.25, 0.3) is 0 Å². The van der Waals surface area contributed by atoms with E-state index in [1.807, 2.05) is 12.1 Å². The molecule has 2 aliphatic rings. The molecule has 0 spiro atoms. The topological polar surface area (TPSA) is 44.5 Å². The van der Waals surface area contributed by atoms with Gasteiger partial charge in [-0.05, 0) is 44.6 Å². The van der Waals surface area contributed by atoms with Gasteiger partial charge in [-0.25, -0.2) is 0 Å². The third kappa shape index (κ3) is 2.32. The predicted octanol–water partition coefficient (Wildman–Crippen LogP) is 2.86. The van der Waals surface area contributed by atoms with E-state index in [2.05, 4.69) is 13.0 Å². The third-order valence-corrected chi connectivity index (χ3v) is 4.56. The first-order valence-corrected chi connectivity index (χ1v) is 7.23. The number of methoxy groups -OCH3 is 1. The van der Waals surface area contributed by atoms with Crippen molar-refractivity contribution >= 4 is 0 Å². The summed E-state index contributed by atoms with van der Waals surface area (Å²) in [5.74, 6) is 2.50. The summed E-state index contributed by atoms with van der Waals surface area (Å²) >= 11 is 0. The third-order valence-electron chi connectivity index (χ3n) is 4.56. The van der Waals surface area contributed by atoms with Crippen LogP contribution in [0, 0.1) is 5.92 Å². The molecule has 0 saturated heterocycles. The van der Waals surface area contributed by atoms with Crippen LogP contribution in [0.5, 0.6) is 11.5 Å². The van der Waals surface area contributed by atoms with Crippen molar-refractivity contribution in [2.45, 2.75) is 44.1 Å². The van der Waals surface area contributed by atoms with Gasteiger partial charge >= 0.3 is 0 Å². The highest BCUT2D eigenvalue weighted by Crippen LogP contribution is 2.55. The van der Waals surface area contributed by atoms with Crippen molar-refractivity contribution < 1.29 is 9.47 Å². The van der Waals surface area contributed by atoms with Gasteiger partial charge in [0.1, 0.15) is 0 Å². The molecule has 0 bridgehead atoms. The van der Waals surface area contributed by atoms with Crippen LogP contribution in [-0.4, -0.2) is 19.8 Å². The molecule has 2 aliphatic carbocycles. The van der Waals surface area contributed by atoms with E-state index in [0.717, 1.165) is 36.9 Å². The number of benzene rings is 1. The molecule has 1 unspecified atom stereocenters. The first-order chi connectivity index (χ1) is 9.17. The Balaban J connectivity index is 1.92. The van der Waals surface area contributed by atoms with Gasteiger partial charge in [-0.3, -0.25) is 0 Å². The average Bonchev–Trinajstić information content (AvgIpc) is 3.28. The summed E-state index contributed by atoms with van der Waals surface area (Å²) in [4.78, 5) is 0. The Morgan fingerprint density at radius 1 is 1.37 bits per heavy atom. The SMILES string of the molecule is COc1cccc(C2(C(C)N)CC2)c1OCC1CC1. The molecule has 3 nitrogen and oxygen atoms in total. The van der Waals surface area contributed by atoms with E-state index >= 15 is 0 Å². The first kappa shape index (κ1) is 12.8. The van der Waals surface area contributed by atoms with Crippen LogP contribution in [-0.2, 0) is 5.41 Å². The Hall–Kier alpha value is -1.22. The van der Waals surface area contributed by atoms with E-state index in [1.165, 1.54) is 18.4 Å². The smallest absolute Gasteiger partial charge is 0.164 e. The molecule has 0 aromatic heterocycles. The van der Waals surface area contributed by atoms with Gasteiger partial charge in [0.15, 0.2) is 11.5 Å². The second kappa shape index (κ2) is 4.71. The van der Waals surface area contributed by atoms with Crippen LogP contribution < -0.4 is 15.2 Å². The van der Waals surface area contributed by atoms with E-state index in [-0.39, 0.29) is 11.5 Å². The average molecular weight is 261 g/mol. The highest BCUT2D eigenvalue weighted by molar-refractivity contribution is 5.53. The lowest BCUT2D eigenvalue weighted by molar-refractivity contribution is 0.274. The van der Waals surface area contributed by atoms with Crippen molar-refractivity contribution in [1.29, 1.82) is 0 Å². The van der Waals surface area contributed by atoms with E-state index < -0.39 is 0 Å². The van der Waals surface area contributed by atoms with Crippen molar-refractivity contribution in [2.75, 3.05) is 13.7 Å². The van der Waals surface area contributed by atoms with Crippen LogP contribution in [0.1, 0.15) is 38.2 Å². The second-order valence-electron chi connectivity index (χ2n) is 6.04. The summed E-state index contributed by atoms with van der Waals surface area (Å²) in [5, 5.41) is 0. The molecule has 1 atom stereocenters. The van der Waals surface area contributed by atoms with Crippen LogP contribution in [0.25, 0.3) is 0 Å². The van der Waals surface area contributed by atoms with Crippen molar-refractivity contribution in [3.63, 3.8) is 0 Å². The molecule has 0 aliphatic heterocycles. The zero-order valence-electron chi connectivity index (χ0n) is 11.8. The van der Waals surface area contributed by atoms with Crippen molar-refractivity contribution in [2.24, 2.45) is 11.7 Å². The van der Waals surface area contributed by atoms with Gasteiger partial charge in [-0.2, -0.15) is 0 Å². The molecule has 0 radical (unpaired) electrons. The van der Waals surface area contributed by atoms with Crippen molar-refractivity contribution in [3.05, 3.63) is 23.8 Å². The number of hydrogen-bond acceptors (Lipinski definition) is 3. The van der Waals surface area contributed by atoms with E-state index in [9.17, 15) is 0 Å². The number of nitrogens with two attached hydrogens (primary N) is 1. The monoisotopic (exact) mass is 261 g/mol. The minimum atomic E-state index is 0.105. The summed E-state index contributed by atoms with van der Waals surface area (Å²) in [7, 11) is 1.70. The highest BCUT2D eigenvalue weighted by atomic mass is 16.5. The molecule has 2 N–H and O–H groups in total. The largest absolute Gasteiger partial charge is 0.493 e. The Kier molecular flexibility index (Phi) is 3.17. The zero-order valence-corrected chi connectivity index (χ0v) is 11.8. The molecular formula is C16H23NO2. The fourth-order valence-electron chi connectivity index (χ4n) is 2.81. The lowest BCUT2D eigenvalue weighted by atomic mass is 9.88. The van der Waals surface area contributed by atoms with Crippen molar-refractivity contribution in [3.8, 4) is 11.5 Å². The lowest BCUT2D eigenvalue weighted by Crippen LogP contribution is -2.32. The Morgan fingerprint density at radius 2 is 2.11 bits per heavy atom. The predicted molar refractivity (Wildman–Crippen MR) is 75.8 cm³/mol. The number of para-hydroxylation sites is 1. The van der Waals surface area contributed by atoms with Gasteiger partial charge < -0.3 is 15.2 Å². The minimum absolute atomic E-state index is 0.105. The van der Waals surface area contributed by atoms with Gasteiger partial charge in [0, 0.05) is 17.0 Å². The van der Waals surface area contributed by atoms with E-state index in [4.69, 9.17) is 15.2 Å². The summed E-state index contributed by atoms with van der Waals surface area (Å²) < 4.78 is 11.6. The molecule has 3 rings (SSSR count). The lowest BCUT2D eigenvalue weighted by Gasteiger charge is -2.24. The van der Waals surface area contributed by atoms with E-state index in [1.54, 1.807) is 7.11 Å². The van der Waals surface area contributed by atoms with Crippen LogP contribution in [0.4, 0.5) is 0 Å². The summed E-state index contributed by atoms with van der Waals surface area (Å²) in [6, 6.07) is 6.33.